The van der Waals surface area contributed by atoms with Gasteiger partial charge in [0.05, 0.1) is 0 Å². The predicted molar refractivity (Wildman–Crippen MR) is 56.0 cm³/mol. The molecule has 1 aliphatic carbocycles. The van der Waals surface area contributed by atoms with E-state index in [1.807, 2.05) is 7.05 Å². The number of carbonyl (C=O) groups excluding carboxylic acids is 1. The van der Waals surface area contributed by atoms with Crippen LogP contribution >= 0.6 is 0 Å². The van der Waals surface area contributed by atoms with Gasteiger partial charge in [0.2, 0.25) is 6.41 Å². The highest BCUT2D eigenvalue weighted by molar-refractivity contribution is 5.46. The minimum absolute atomic E-state index is 0.736. The van der Waals surface area contributed by atoms with Crippen LogP contribution in [0.15, 0.2) is 0 Å². The van der Waals surface area contributed by atoms with Gasteiger partial charge in [0.15, 0.2) is 0 Å². The Hall–Kier alpha value is -0.570. The lowest BCUT2D eigenvalue weighted by Gasteiger charge is -2.33. The minimum atomic E-state index is 0.736. The lowest BCUT2D eigenvalue weighted by molar-refractivity contribution is -0.117. The highest BCUT2D eigenvalue weighted by Crippen LogP contribution is 2.30. The van der Waals surface area contributed by atoms with Crippen LogP contribution in [0.5, 0.6) is 0 Å². The molecule has 3 heteroatoms. The van der Waals surface area contributed by atoms with Crippen molar-refractivity contribution < 1.29 is 4.79 Å². The molecule has 2 aliphatic rings. The Bertz CT molecular complexity index is 195. The van der Waals surface area contributed by atoms with Crippen molar-refractivity contribution in [3.8, 4) is 0 Å². The first-order chi connectivity index (χ1) is 6.79. The molecule has 3 nitrogen and oxygen atoms in total. The molecule has 0 aromatic rings. The van der Waals surface area contributed by atoms with Gasteiger partial charge in [0.1, 0.15) is 0 Å². The molecule has 1 amide bonds. The fourth-order valence-electron chi connectivity index (χ4n) is 2.39. The van der Waals surface area contributed by atoms with Gasteiger partial charge < -0.3 is 9.80 Å². The molecule has 0 N–H and O–H groups in total. The van der Waals surface area contributed by atoms with Crippen LogP contribution in [-0.4, -0.2) is 48.9 Å². The van der Waals surface area contributed by atoms with Crippen molar-refractivity contribution in [1.29, 1.82) is 0 Å². The van der Waals surface area contributed by atoms with E-state index in [4.69, 9.17) is 0 Å². The van der Waals surface area contributed by atoms with E-state index < -0.39 is 0 Å². The molecule has 0 atom stereocenters. The van der Waals surface area contributed by atoms with E-state index in [0.29, 0.717) is 0 Å². The molecule has 1 heterocycles. The van der Waals surface area contributed by atoms with Gasteiger partial charge in [-0.15, -0.1) is 0 Å². The first-order valence-corrected chi connectivity index (χ1v) is 5.69. The Morgan fingerprint density at radius 2 is 1.93 bits per heavy atom. The van der Waals surface area contributed by atoms with Crippen LogP contribution in [0.4, 0.5) is 0 Å². The minimum Gasteiger partial charge on any atom is -0.348 e. The molecule has 2 fully saturated rings. The number of hydrogen-bond acceptors (Lipinski definition) is 2. The van der Waals surface area contributed by atoms with Crippen LogP contribution in [0.3, 0.4) is 0 Å². The fourth-order valence-corrected chi connectivity index (χ4v) is 2.39. The Kier molecular flexibility index (Phi) is 3.06. The molecular formula is C11H20N2O. The molecule has 0 unspecified atom stereocenters. The first kappa shape index (κ1) is 9.97. The first-order valence-electron chi connectivity index (χ1n) is 5.69. The Labute approximate surface area is 86.1 Å². The summed E-state index contributed by atoms with van der Waals surface area (Å²) >= 11 is 0. The van der Waals surface area contributed by atoms with Crippen molar-refractivity contribution in [2.75, 3.05) is 26.7 Å². The molecule has 1 saturated carbocycles. The Morgan fingerprint density at radius 1 is 1.29 bits per heavy atom. The Morgan fingerprint density at radius 3 is 2.43 bits per heavy atom. The summed E-state index contributed by atoms with van der Waals surface area (Å²) in [5.41, 5.74) is 0. The molecule has 0 spiro atoms. The van der Waals surface area contributed by atoms with Gasteiger partial charge >= 0.3 is 0 Å². The summed E-state index contributed by atoms with van der Waals surface area (Å²) in [6.07, 6.45) is 6.31. The maximum absolute atomic E-state index is 10.5. The van der Waals surface area contributed by atoms with Crippen molar-refractivity contribution >= 4 is 6.41 Å². The van der Waals surface area contributed by atoms with Crippen LogP contribution in [-0.2, 0) is 4.79 Å². The monoisotopic (exact) mass is 196 g/mol. The van der Waals surface area contributed by atoms with Crippen molar-refractivity contribution in [2.45, 2.75) is 31.7 Å². The predicted octanol–water partition coefficient (Wildman–Crippen LogP) is 0.949. The van der Waals surface area contributed by atoms with Crippen LogP contribution in [0.25, 0.3) is 0 Å². The van der Waals surface area contributed by atoms with Crippen LogP contribution in [0.1, 0.15) is 25.7 Å². The highest BCUT2D eigenvalue weighted by Gasteiger charge is 2.31. The quantitative estimate of drug-likeness (QED) is 0.625. The van der Waals surface area contributed by atoms with Crippen LogP contribution in [0, 0.1) is 5.92 Å². The van der Waals surface area contributed by atoms with E-state index in [1.54, 1.807) is 4.90 Å². The second-order valence-electron chi connectivity index (χ2n) is 4.76. The van der Waals surface area contributed by atoms with Crippen molar-refractivity contribution in [3.05, 3.63) is 0 Å². The average Bonchev–Trinajstić information content (AvgIpc) is 3.02. The van der Waals surface area contributed by atoms with Gasteiger partial charge in [-0.05, 0) is 44.7 Å². The average molecular weight is 196 g/mol. The number of hydrogen-bond donors (Lipinski definition) is 0. The standard InChI is InChI=1S/C11H20N2O/c1-12(9-14)8-10-4-6-13(7-5-10)11-2-3-11/h9-11H,2-8H2,1H3. The van der Waals surface area contributed by atoms with E-state index in [0.717, 1.165) is 24.9 Å². The molecule has 2 rings (SSSR count). The smallest absolute Gasteiger partial charge is 0.209 e. The summed E-state index contributed by atoms with van der Waals surface area (Å²) in [5.74, 6) is 0.736. The number of piperidine rings is 1. The summed E-state index contributed by atoms with van der Waals surface area (Å²) in [6, 6.07) is 0.916. The van der Waals surface area contributed by atoms with Gasteiger partial charge in [-0.25, -0.2) is 0 Å². The SMILES string of the molecule is CN(C=O)CC1CCN(C2CC2)CC1. The van der Waals surface area contributed by atoms with Gasteiger partial charge in [0.25, 0.3) is 0 Å². The fraction of sp³-hybridized carbons (Fsp3) is 0.909. The summed E-state index contributed by atoms with van der Waals surface area (Å²) in [6.45, 7) is 3.45. The number of rotatable bonds is 4. The number of nitrogens with zero attached hydrogens (tertiary/aromatic N) is 2. The number of likely N-dealkylation sites (tertiary alicyclic amines) is 1. The zero-order valence-corrected chi connectivity index (χ0v) is 8.98. The normalized spacial score (nSPS) is 24.9. The van der Waals surface area contributed by atoms with Crippen molar-refractivity contribution in [1.82, 2.24) is 9.80 Å². The summed E-state index contributed by atoms with van der Waals surface area (Å²) in [7, 11) is 1.88. The van der Waals surface area contributed by atoms with E-state index >= 15 is 0 Å². The second kappa shape index (κ2) is 4.30. The van der Waals surface area contributed by atoms with Crippen LogP contribution < -0.4 is 0 Å². The lowest BCUT2D eigenvalue weighted by atomic mass is 9.96. The van der Waals surface area contributed by atoms with Gasteiger partial charge in [0, 0.05) is 19.6 Å². The van der Waals surface area contributed by atoms with Crippen molar-refractivity contribution in [3.63, 3.8) is 0 Å². The zero-order chi connectivity index (χ0) is 9.97. The van der Waals surface area contributed by atoms with Gasteiger partial charge in [-0.3, -0.25) is 4.79 Å². The third-order valence-electron chi connectivity index (χ3n) is 3.44. The molecular weight excluding hydrogens is 176 g/mol. The molecule has 0 aromatic heterocycles. The topological polar surface area (TPSA) is 23.6 Å². The summed E-state index contributed by atoms with van der Waals surface area (Å²) < 4.78 is 0. The van der Waals surface area contributed by atoms with E-state index in [2.05, 4.69) is 4.90 Å². The van der Waals surface area contributed by atoms with Gasteiger partial charge in [-0.2, -0.15) is 0 Å². The molecule has 1 aliphatic heterocycles. The second-order valence-corrected chi connectivity index (χ2v) is 4.76. The number of carbonyl (C=O) groups is 1. The molecule has 0 aromatic carbocycles. The molecule has 1 saturated heterocycles. The highest BCUT2D eigenvalue weighted by atomic mass is 16.1. The zero-order valence-electron chi connectivity index (χ0n) is 8.98. The number of amides is 1. The molecule has 14 heavy (non-hydrogen) atoms. The summed E-state index contributed by atoms with van der Waals surface area (Å²) in [5, 5.41) is 0. The lowest BCUT2D eigenvalue weighted by Crippen LogP contribution is -2.38. The van der Waals surface area contributed by atoms with Crippen molar-refractivity contribution in [2.24, 2.45) is 5.92 Å². The molecule has 0 bridgehead atoms. The van der Waals surface area contributed by atoms with E-state index in [-0.39, 0.29) is 0 Å². The molecule has 80 valence electrons. The third kappa shape index (κ3) is 2.47. The third-order valence-corrected chi connectivity index (χ3v) is 3.44. The molecule has 0 radical (unpaired) electrons. The van der Waals surface area contributed by atoms with Crippen LogP contribution in [0.2, 0.25) is 0 Å². The van der Waals surface area contributed by atoms with E-state index in [1.165, 1.54) is 38.8 Å². The maximum atomic E-state index is 10.5. The summed E-state index contributed by atoms with van der Waals surface area (Å²) in [4.78, 5) is 14.9. The van der Waals surface area contributed by atoms with Gasteiger partial charge in [-0.1, -0.05) is 0 Å². The van der Waals surface area contributed by atoms with E-state index in [9.17, 15) is 4.79 Å². The maximum Gasteiger partial charge on any atom is 0.209 e. The largest absolute Gasteiger partial charge is 0.348 e. The Balaban J connectivity index is 1.69.